The van der Waals surface area contributed by atoms with Crippen molar-refractivity contribution in [2.24, 2.45) is 7.05 Å². The number of hydrogen-bond donors (Lipinski definition) is 1. The summed E-state index contributed by atoms with van der Waals surface area (Å²) in [5.74, 6) is 0.831. The number of nitrogens with one attached hydrogen (secondary N) is 1. The molecule has 2 heterocycles. The van der Waals surface area contributed by atoms with Crippen molar-refractivity contribution < 1.29 is 0 Å². The molecule has 0 fully saturated rings. The van der Waals surface area contributed by atoms with Gasteiger partial charge in [-0.25, -0.2) is 4.98 Å². The first-order valence-corrected chi connectivity index (χ1v) is 7.92. The summed E-state index contributed by atoms with van der Waals surface area (Å²) < 4.78 is 7.12. The number of nitrogens with zero attached hydrogens (tertiary/aromatic N) is 4. The van der Waals surface area contributed by atoms with Crippen molar-refractivity contribution >= 4 is 23.3 Å². The topological polar surface area (TPSA) is 55.6 Å². The van der Waals surface area contributed by atoms with Crippen LogP contribution in [-0.2, 0) is 13.6 Å². The van der Waals surface area contributed by atoms with E-state index in [1.807, 2.05) is 18.7 Å². The Balaban J connectivity index is 2.18. The quantitative estimate of drug-likeness (QED) is 0.830. The molecule has 7 heteroatoms. The van der Waals surface area contributed by atoms with Crippen LogP contribution in [0.3, 0.4) is 0 Å². The molecule has 2 rings (SSSR count). The molecule has 0 aliphatic rings. The Morgan fingerprint density at radius 2 is 2.16 bits per heavy atom. The number of hydrogen-bond acceptors (Lipinski definition) is 6. The van der Waals surface area contributed by atoms with E-state index in [4.69, 9.17) is 0 Å². The standard InChI is InChI=1S/C12H19N5S2/c1-5-6-13-7-10-8(2)15-17(4)11(10)18-12-14-9(3)16-19-12/h13H,5-7H2,1-4H3. The van der Waals surface area contributed by atoms with Crippen LogP contribution in [0.25, 0.3) is 0 Å². The van der Waals surface area contributed by atoms with Crippen LogP contribution in [0.5, 0.6) is 0 Å². The van der Waals surface area contributed by atoms with Gasteiger partial charge in [-0.2, -0.15) is 9.47 Å². The zero-order chi connectivity index (χ0) is 13.8. The molecule has 1 N–H and O–H groups in total. The second kappa shape index (κ2) is 6.49. The van der Waals surface area contributed by atoms with Crippen LogP contribution < -0.4 is 5.32 Å². The first kappa shape index (κ1) is 14.5. The van der Waals surface area contributed by atoms with Crippen LogP contribution in [0.4, 0.5) is 0 Å². The molecule has 0 aliphatic carbocycles. The van der Waals surface area contributed by atoms with Crippen molar-refractivity contribution in [1.82, 2.24) is 24.5 Å². The Morgan fingerprint density at radius 1 is 1.37 bits per heavy atom. The number of aromatic nitrogens is 4. The predicted octanol–water partition coefficient (Wildman–Crippen LogP) is 2.54. The van der Waals surface area contributed by atoms with Crippen molar-refractivity contribution in [2.75, 3.05) is 6.54 Å². The molecule has 5 nitrogen and oxygen atoms in total. The van der Waals surface area contributed by atoms with Crippen molar-refractivity contribution in [2.45, 2.75) is 43.1 Å². The zero-order valence-corrected chi connectivity index (χ0v) is 13.4. The summed E-state index contributed by atoms with van der Waals surface area (Å²) in [6, 6.07) is 0. The maximum Gasteiger partial charge on any atom is 0.176 e. The van der Waals surface area contributed by atoms with Crippen molar-refractivity contribution in [3.8, 4) is 0 Å². The van der Waals surface area contributed by atoms with Gasteiger partial charge < -0.3 is 5.32 Å². The molecule has 0 radical (unpaired) electrons. The summed E-state index contributed by atoms with van der Waals surface area (Å²) in [4.78, 5) is 4.40. The van der Waals surface area contributed by atoms with Gasteiger partial charge in [-0.3, -0.25) is 4.68 Å². The third-order valence-corrected chi connectivity index (χ3v) is 4.76. The van der Waals surface area contributed by atoms with Gasteiger partial charge in [0.2, 0.25) is 0 Å². The molecule has 0 amide bonds. The molecule has 19 heavy (non-hydrogen) atoms. The Hall–Kier alpha value is -0.920. The summed E-state index contributed by atoms with van der Waals surface area (Å²) in [7, 11) is 1.98. The van der Waals surface area contributed by atoms with E-state index in [-0.39, 0.29) is 0 Å². The van der Waals surface area contributed by atoms with Crippen LogP contribution >= 0.6 is 23.3 Å². The molecule has 0 spiro atoms. The molecule has 0 bridgehead atoms. The minimum absolute atomic E-state index is 0.831. The van der Waals surface area contributed by atoms with Crippen molar-refractivity contribution in [1.29, 1.82) is 0 Å². The van der Waals surface area contributed by atoms with Gasteiger partial charge in [0.25, 0.3) is 0 Å². The molecular formula is C12H19N5S2. The Bertz CT molecular complexity index is 546. The van der Waals surface area contributed by atoms with E-state index in [0.29, 0.717) is 0 Å². The van der Waals surface area contributed by atoms with E-state index in [1.165, 1.54) is 17.1 Å². The van der Waals surface area contributed by atoms with Crippen LogP contribution in [-0.4, -0.2) is 25.7 Å². The van der Waals surface area contributed by atoms with Gasteiger partial charge in [0.1, 0.15) is 10.9 Å². The highest BCUT2D eigenvalue weighted by Crippen LogP contribution is 2.32. The fourth-order valence-electron chi connectivity index (χ4n) is 1.80. The normalized spacial score (nSPS) is 11.2. The minimum atomic E-state index is 0.831. The number of rotatable bonds is 6. The summed E-state index contributed by atoms with van der Waals surface area (Å²) in [5, 5.41) is 9.09. The molecule has 0 aromatic carbocycles. The average molecular weight is 297 g/mol. The third-order valence-electron chi connectivity index (χ3n) is 2.71. The fraction of sp³-hybridized carbons (Fsp3) is 0.583. The van der Waals surface area contributed by atoms with Crippen LogP contribution in [0.15, 0.2) is 9.37 Å². The van der Waals surface area contributed by atoms with Gasteiger partial charge in [0, 0.05) is 19.2 Å². The van der Waals surface area contributed by atoms with Crippen LogP contribution in [0, 0.1) is 13.8 Å². The zero-order valence-electron chi connectivity index (χ0n) is 11.7. The highest BCUT2D eigenvalue weighted by atomic mass is 32.2. The molecule has 0 unspecified atom stereocenters. The molecule has 0 saturated carbocycles. The molecule has 0 saturated heterocycles. The van der Waals surface area contributed by atoms with Crippen molar-refractivity contribution in [3.05, 3.63) is 17.1 Å². The Labute approximate surface area is 122 Å². The summed E-state index contributed by atoms with van der Waals surface area (Å²) in [6.07, 6.45) is 1.14. The van der Waals surface area contributed by atoms with E-state index < -0.39 is 0 Å². The maximum atomic E-state index is 4.50. The first-order chi connectivity index (χ1) is 9.11. The molecule has 0 atom stereocenters. The highest BCUT2D eigenvalue weighted by Gasteiger charge is 2.15. The molecule has 2 aromatic heterocycles. The third kappa shape index (κ3) is 3.55. The van der Waals surface area contributed by atoms with Crippen LogP contribution in [0.1, 0.15) is 30.4 Å². The monoisotopic (exact) mass is 297 g/mol. The summed E-state index contributed by atoms with van der Waals surface area (Å²) in [5.41, 5.74) is 2.34. The lowest BCUT2D eigenvalue weighted by molar-refractivity contribution is 0.653. The van der Waals surface area contributed by atoms with Gasteiger partial charge in [0.05, 0.1) is 5.69 Å². The second-order valence-corrected chi connectivity index (χ2v) is 6.37. The van der Waals surface area contributed by atoms with E-state index in [9.17, 15) is 0 Å². The van der Waals surface area contributed by atoms with E-state index in [1.54, 1.807) is 11.8 Å². The molecule has 104 valence electrons. The lowest BCUT2D eigenvalue weighted by Crippen LogP contribution is -2.14. The average Bonchev–Trinajstić information content (AvgIpc) is 2.88. The Morgan fingerprint density at radius 3 is 2.79 bits per heavy atom. The smallest absolute Gasteiger partial charge is 0.176 e. The predicted molar refractivity (Wildman–Crippen MR) is 78.7 cm³/mol. The second-order valence-electron chi connectivity index (χ2n) is 4.38. The molecule has 2 aromatic rings. The molecule has 0 aliphatic heterocycles. The first-order valence-electron chi connectivity index (χ1n) is 6.33. The van der Waals surface area contributed by atoms with Gasteiger partial charge in [0.15, 0.2) is 4.34 Å². The summed E-state index contributed by atoms with van der Waals surface area (Å²) in [6.45, 7) is 8.02. The molecular weight excluding hydrogens is 278 g/mol. The van der Waals surface area contributed by atoms with Gasteiger partial charge in [-0.1, -0.05) is 6.92 Å². The lowest BCUT2D eigenvalue weighted by atomic mass is 10.2. The minimum Gasteiger partial charge on any atom is -0.313 e. The van der Waals surface area contributed by atoms with Crippen LogP contribution in [0.2, 0.25) is 0 Å². The summed E-state index contributed by atoms with van der Waals surface area (Å²) >= 11 is 3.09. The Kier molecular flexibility index (Phi) is 4.95. The lowest BCUT2D eigenvalue weighted by Gasteiger charge is -2.05. The van der Waals surface area contributed by atoms with E-state index in [0.717, 1.165) is 40.4 Å². The number of aryl methyl sites for hydroxylation is 3. The van der Waals surface area contributed by atoms with Gasteiger partial charge >= 0.3 is 0 Å². The largest absolute Gasteiger partial charge is 0.313 e. The maximum absolute atomic E-state index is 4.50. The van der Waals surface area contributed by atoms with E-state index >= 15 is 0 Å². The highest BCUT2D eigenvalue weighted by molar-refractivity contribution is 8.00. The van der Waals surface area contributed by atoms with E-state index in [2.05, 4.69) is 33.6 Å². The van der Waals surface area contributed by atoms with Gasteiger partial charge in [-0.15, -0.1) is 0 Å². The fourth-order valence-corrected chi connectivity index (χ4v) is 3.59. The SMILES string of the molecule is CCCNCc1c(C)nn(C)c1Sc1nc(C)ns1. The van der Waals surface area contributed by atoms with Crippen molar-refractivity contribution in [3.63, 3.8) is 0 Å². The van der Waals surface area contributed by atoms with Gasteiger partial charge in [-0.05, 0) is 50.1 Å².